The zero-order valence-electron chi connectivity index (χ0n) is 12.4. The molecule has 1 aliphatic rings. The molecule has 1 aliphatic heterocycles. The van der Waals surface area contributed by atoms with Gasteiger partial charge in [0.15, 0.2) is 0 Å². The fourth-order valence-electron chi connectivity index (χ4n) is 2.91. The lowest BCUT2D eigenvalue weighted by Gasteiger charge is -2.28. The van der Waals surface area contributed by atoms with E-state index in [4.69, 9.17) is 4.74 Å². The highest BCUT2D eigenvalue weighted by Crippen LogP contribution is 2.31. The maximum absolute atomic E-state index is 5.34. The van der Waals surface area contributed by atoms with Crippen molar-refractivity contribution in [1.29, 1.82) is 0 Å². The van der Waals surface area contributed by atoms with Gasteiger partial charge in [0.1, 0.15) is 5.75 Å². The lowest BCUT2D eigenvalue weighted by molar-refractivity contribution is 0.413. The quantitative estimate of drug-likeness (QED) is 0.898. The molecule has 0 saturated carbocycles. The SMILES string of the molecule is COc1ccc2c(c1)CCNC2c1ccc(C)c(C)c1. The molecule has 1 heterocycles. The van der Waals surface area contributed by atoms with Crippen LogP contribution in [0, 0.1) is 13.8 Å². The van der Waals surface area contributed by atoms with Gasteiger partial charge in [-0.2, -0.15) is 0 Å². The Morgan fingerprint density at radius 2 is 1.90 bits per heavy atom. The standard InChI is InChI=1S/C18H21NO/c1-12-4-5-15(10-13(12)2)18-17-7-6-16(20-3)11-14(17)8-9-19-18/h4-7,10-11,18-19H,8-9H2,1-3H3. The number of ether oxygens (including phenoxy) is 1. The number of nitrogens with one attached hydrogen (secondary N) is 1. The minimum absolute atomic E-state index is 0.295. The van der Waals surface area contributed by atoms with Gasteiger partial charge in [-0.15, -0.1) is 0 Å². The van der Waals surface area contributed by atoms with E-state index < -0.39 is 0 Å². The van der Waals surface area contributed by atoms with Crippen molar-refractivity contribution >= 4 is 0 Å². The normalized spacial score (nSPS) is 17.6. The molecule has 2 nitrogen and oxygen atoms in total. The van der Waals surface area contributed by atoms with Crippen molar-refractivity contribution in [3.05, 3.63) is 64.2 Å². The third kappa shape index (κ3) is 2.32. The van der Waals surface area contributed by atoms with Crippen LogP contribution in [0.1, 0.15) is 33.9 Å². The first-order valence-electron chi connectivity index (χ1n) is 7.16. The Morgan fingerprint density at radius 3 is 2.65 bits per heavy atom. The Morgan fingerprint density at radius 1 is 1.05 bits per heavy atom. The summed E-state index contributed by atoms with van der Waals surface area (Å²) in [6.07, 6.45) is 1.06. The van der Waals surface area contributed by atoms with E-state index in [1.807, 2.05) is 0 Å². The maximum Gasteiger partial charge on any atom is 0.119 e. The molecule has 2 aromatic rings. The van der Waals surface area contributed by atoms with Crippen molar-refractivity contribution in [3.63, 3.8) is 0 Å². The highest BCUT2D eigenvalue weighted by molar-refractivity contribution is 5.45. The van der Waals surface area contributed by atoms with Gasteiger partial charge < -0.3 is 10.1 Å². The molecular formula is C18H21NO. The molecule has 20 heavy (non-hydrogen) atoms. The van der Waals surface area contributed by atoms with Crippen molar-refractivity contribution < 1.29 is 4.74 Å². The average molecular weight is 267 g/mol. The third-order valence-corrected chi connectivity index (χ3v) is 4.27. The van der Waals surface area contributed by atoms with Crippen LogP contribution < -0.4 is 10.1 Å². The molecule has 0 radical (unpaired) electrons. The number of aryl methyl sites for hydroxylation is 2. The molecule has 0 saturated heterocycles. The summed E-state index contributed by atoms with van der Waals surface area (Å²) >= 11 is 0. The Hall–Kier alpha value is -1.80. The Labute approximate surface area is 120 Å². The smallest absolute Gasteiger partial charge is 0.119 e. The molecule has 1 N–H and O–H groups in total. The summed E-state index contributed by atoms with van der Waals surface area (Å²) < 4.78 is 5.34. The molecule has 3 rings (SSSR count). The number of methoxy groups -OCH3 is 1. The van der Waals surface area contributed by atoms with E-state index in [-0.39, 0.29) is 0 Å². The fraction of sp³-hybridized carbons (Fsp3) is 0.333. The zero-order valence-corrected chi connectivity index (χ0v) is 12.4. The first kappa shape index (κ1) is 13.2. The third-order valence-electron chi connectivity index (χ3n) is 4.27. The number of benzene rings is 2. The van der Waals surface area contributed by atoms with Gasteiger partial charge in [0, 0.05) is 6.54 Å². The van der Waals surface area contributed by atoms with Crippen LogP contribution in [0.5, 0.6) is 5.75 Å². The second-order valence-electron chi connectivity index (χ2n) is 5.55. The average Bonchev–Trinajstić information content (AvgIpc) is 2.49. The number of rotatable bonds is 2. The lowest BCUT2D eigenvalue weighted by Crippen LogP contribution is -2.30. The van der Waals surface area contributed by atoms with Gasteiger partial charge in [0.05, 0.1) is 13.2 Å². The molecule has 1 atom stereocenters. The molecular weight excluding hydrogens is 246 g/mol. The molecule has 0 fully saturated rings. The zero-order chi connectivity index (χ0) is 14.1. The lowest BCUT2D eigenvalue weighted by atomic mass is 9.88. The van der Waals surface area contributed by atoms with Crippen LogP contribution in [0.25, 0.3) is 0 Å². The predicted octanol–water partition coefficient (Wildman–Crippen LogP) is 3.55. The molecule has 0 aliphatic carbocycles. The summed E-state index contributed by atoms with van der Waals surface area (Å²) in [6.45, 7) is 5.35. The van der Waals surface area contributed by atoms with Crippen molar-refractivity contribution in [2.45, 2.75) is 26.3 Å². The second-order valence-corrected chi connectivity index (χ2v) is 5.55. The number of hydrogen-bond acceptors (Lipinski definition) is 2. The molecule has 0 aromatic heterocycles. The predicted molar refractivity (Wildman–Crippen MR) is 82.5 cm³/mol. The van der Waals surface area contributed by atoms with Gasteiger partial charge in [0.2, 0.25) is 0 Å². The van der Waals surface area contributed by atoms with E-state index in [1.165, 1.54) is 27.8 Å². The minimum atomic E-state index is 0.295. The van der Waals surface area contributed by atoms with Crippen molar-refractivity contribution in [2.75, 3.05) is 13.7 Å². The second kappa shape index (κ2) is 5.29. The first-order valence-corrected chi connectivity index (χ1v) is 7.16. The van der Waals surface area contributed by atoms with E-state index >= 15 is 0 Å². The van der Waals surface area contributed by atoms with Crippen LogP contribution in [-0.4, -0.2) is 13.7 Å². The van der Waals surface area contributed by atoms with Crippen LogP contribution in [0.4, 0.5) is 0 Å². The molecule has 1 unspecified atom stereocenters. The van der Waals surface area contributed by atoms with Gasteiger partial charge in [-0.25, -0.2) is 0 Å². The minimum Gasteiger partial charge on any atom is -0.497 e. The topological polar surface area (TPSA) is 21.3 Å². The van der Waals surface area contributed by atoms with Gasteiger partial charge in [-0.3, -0.25) is 0 Å². The van der Waals surface area contributed by atoms with Gasteiger partial charge in [0.25, 0.3) is 0 Å². The van der Waals surface area contributed by atoms with E-state index in [0.717, 1.165) is 18.7 Å². The number of fused-ring (bicyclic) bond motifs is 1. The van der Waals surface area contributed by atoms with E-state index in [0.29, 0.717) is 6.04 Å². The van der Waals surface area contributed by atoms with Crippen molar-refractivity contribution in [2.24, 2.45) is 0 Å². The maximum atomic E-state index is 5.34. The van der Waals surface area contributed by atoms with Crippen LogP contribution in [0.2, 0.25) is 0 Å². The molecule has 2 aromatic carbocycles. The van der Waals surface area contributed by atoms with E-state index in [9.17, 15) is 0 Å². The summed E-state index contributed by atoms with van der Waals surface area (Å²) in [5.41, 5.74) is 6.82. The Balaban J connectivity index is 2.02. The van der Waals surface area contributed by atoms with Crippen LogP contribution in [0.15, 0.2) is 36.4 Å². The summed E-state index contributed by atoms with van der Waals surface area (Å²) in [4.78, 5) is 0. The van der Waals surface area contributed by atoms with Crippen LogP contribution in [0.3, 0.4) is 0 Å². The van der Waals surface area contributed by atoms with Crippen LogP contribution >= 0.6 is 0 Å². The van der Waals surface area contributed by atoms with Gasteiger partial charge in [-0.05, 0) is 60.2 Å². The Kier molecular flexibility index (Phi) is 3.49. The summed E-state index contributed by atoms with van der Waals surface area (Å²) in [5, 5.41) is 3.63. The highest BCUT2D eigenvalue weighted by Gasteiger charge is 2.21. The fourth-order valence-corrected chi connectivity index (χ4v) is 2.91. The van der Waals surface area contributed by atoms with Crippen molar-refractivity contribution in [1.82, 2.24) is 5.32 Å². The highest BCUT2D eigenvalue weighted by atomic mass is 16.5. The summed E-state index contributed by atoms with van der Waals surface area (Å²) in [5.74, 6) is 0.949. The molecule has 0 bridgehead atoms. The largest absolute Gasteiger partial charge is 0.497 e. The monoisotopic (exact) mass is 267 g/mol. The first-order chi connectivity index (χ1) is 9.69. The number of hydrogen-bond donors (Lipinski definition) is 1. The van der Waals surface area contributed by atoms with E-state index in [1.54, 1.807) is 7.11 Å². The molecule has 104 valence electrons. The van der Waals surface area contributed by atoms with Crippen LogP contribution in [-0.2, 0) is 6.42 Å². The van der Waals surface area contributed by atoms with Gasteiger partial charge in [-0.1, -0.05) is 24.3 Å². The molecule has 2 heteroatoms. The molecule has 0 spiro atoms. The van der Waals surface area contributed by atoms with E-state index in [2.05, 4.69) is 55.6 Å². The molecule has 0 amide bonds. The summed E-state index contributed by atoms with van der Waals surface area (Å²) in [6, 6.07) is 13.5. The summed E-state index contributed by atoms with van der Waals surface area (Å²) in [7, 11) is 1.73. The van der Waals surface area contributed by atoms with Gasteiger partial charge >= 0.3 is 0 Å². The van der Waals surface area contributed by atoms with Crippen molar-refractivity contribution in [3.8, 4) is 5.75 Å². The Bertz CT molecular complexity index is 633.